The molecule has 1 aromatic carbocycles. The molecule has 1 saturated heterocycles. The van der Waals surface area contributed by atoms with Gasteiger partial charge in [-0.1, -0.05) is 43.6 Å². The zero-order chi connectivity index (χ0) is 30.4. The number of carbonyl (C=O) groups excluding carboxylic acids is 1. The van der Waals surface area contributed by atoms with Gasteiger partial charge in [-0.15, -0.1) is 0 Å². The summed E-state index contributed by atoms with van der Waals surface area (Å²) < 4.78 is 31.7. The maximum atomic E-state index is 13.7. The van der Waals surface area contributed by atoms with E-state index in [0.29, 0.717) is 23.3 Å². The summed E-state index contributed by atoms with van der Waals surface area (Å²) in [6, 6.07) is 13.3. The number of alkyl halides is 3. The molecule has 0 spiro atoms. The minimum Gasteiger partial charge on any atom is -0.475 e. The number of nitrogens with one attached hydrogen (secondary N) is 1. The second-order valence-electron chi connectivity index (χ2n) is 10.2. The number of aromatic nitrogens is 3. The van der Waals surface area contributed by atoms with Gasteiger partial charge in [0.2, 0.25) is 5.91 Å². The van der Waals surface area contributed by atoms with Gasteiger partial charge in [0.1, 0.15) is 23.9 Å². The summed E-state index contributed by atoms with van der Waals surface area (Å²) >= 11 is 6.10. The van der Waals surface area contributed by atoms with Gasteiger partial charge < -0.3 is 20.2 Å². The van der Waals surface area contributed by atoms with Crippen molar-refractivity contribution in [3.05, 3.63) is 65.6 Å². The SMILES string of the molecule is CC(C)CC1Nc2ncnc(N3CCN(c4ccccn4)CC3)c2N(Cc2ccc(Cl)cc2)C1=O.O=C(O)C(F)(F)F. The first-order valence-corrected chi connectivity index (χ1v) is 13.7. The third-order valence-corrected chi connectivity index (χ3v) is 6.96. The van der Waals surface area contributed by atoms with Crippen molar-refractivity contribution >= 4 is 46.6 Å². The Balaban J connectivity index is 0.000000517. The van der Waals surface area contributed by atoms with E-state index in [0.717, 1.165) is 55.5 Å². The van der Waals surface area contributed by atoms with E-state index >= 15 is 0 Å². The average Bonchev–Trinajstić information content (AvgIpc) is 2.96. The van der Waals surface area contributed by atoms with Gasteiger partial charge in [-0.25, -0.2) is 19.7 Å². The van der Waals surface area contributed by atoms with E-state index in [1.807, 2.05) is 53.6 Å². The second-order valence-corrected chi connectivity index (χ2v) is 10.7. The largest absolute Gasteiger partial charge is 0.490 e. The van der Waals surface area contributed by atoms with Crippen LogP contribution < -0.4 is 20.0 Å². The molecular formula is C28H31ClF3N7O3. The highest BCUT2D eigenvalue weighted by molar-refractivity contribution is 6.30. The minimum atomic E-state index is -5.08. The molecule has 1 amide bonds. The summed E-state index contributed by atoms with van der Waals surface area (Å²) in [5.41, 5.74) is 1.76. The Morgan fingerprint density at radius 1 is 1.05 bits per heavy atom. The number of benzene rings is 1. The number of amides is 1. The summed E-state index contributed by atoms with van der Waals surface area (Å²) in [5, 5.41) is 11.2. The molecule has 2 aromatic heterocycles. The van der Waals surface area contributed by atoms with Crippen molar-refractivity contribution in [1.29, 1.82) is 0 Å². The molecule has 2 aliphatic heterocycles. The molecule has 3 aromatic rings. The van der Waals surface area contributed by atoms with E-state index in [2.05, 4.69) is 43.9 Å². The average molecular weight is 606 g/mol. The number of piperazine rings is 1. The Bertz CT molecular complexity index is 1370. The smallest absolute Gasteiger partial charge is 0.475 e. The normalized spacial score (nSPS) is 16.9. The van der Waals surface area contributed by atoms with Crippen LogP contribution in [0.5, 0.6) is 0 Å². The van der Waals surface area contributed by atoms with Gasteiger partial charge in [0, 0.05) is 37.4 Å². The first-order valence-electron chi connectivity index (χ1n) is 13.3. The number of nitrogens with zero attached hydrogens (tertiary/aromatic N) is 6. The van der Waals surface area contributed by atoms with Crippen LogP contribution in [0.25, 0.3) is 0 Å². The van der Waals surface area contributed by atoms with E-state index in [-0.39, 0.29) is 11.9 Å². The van der Waals surface area contributed by atoms with E-state index in [9.17, 15) is 18.0 Å². The zero-order valence-electron chi connectivity index (χ0n) is 23.1. The third-order valence-electron chi connectivity index (χ3n) is 6.70. The van der Waals surface area contributed by atoms with Crippen LogP contribution in [-0.4, -0.2) is 70.3 Å². The summed E-state index contributed by atoms with van der Waals surface area (Å²) in [5.74, 6) is 0.137. The lowest BCUT2D eigenvalue weighted by molar-refractivity contribution is -0.192. The predicted octanol–water partition coefficient (Wildman–Crippen LogP) is 4.86. The zero-order valence-corrected chi connectivity index (χ0v) is 23.8. The molecule has 14 heteroatoms. The molecule has 0 aliphatic carbocycles. The molecule has 5 rings (SSSR count). The highest BCUT2D eigenvalue weighted by Crippen LogP contribution is 2.39. The van der Waals surface area contributed by atoms with Gasteiger partial charge in [-0.2, -0.15) is 13.2 Å². The minimum absolute atomic E-state index is 0.0457. The van der Waals surface area contributed by atoms with Gasteiger partial charge in [-0.3, -0.25) is 9.69 Å². The predicted molar refractivity (Wildman–Crippen MR) is 154 cm³/mol. The highest BCUT2D eigenvalue weighted by atomic mass is 35.5. The first kappa shape index (κ1) is 30.8. The number of carbonyl (C=O) groups is 2. The van der Waals surface area contributed by atoms with Crippen LogP contribution in [0.2, 0.25) is 5.02 Å². The Morgan fingerprint density at radius 2 is 1.69 bits per heavy atom. The Labute approximate surface area is 246 Å². The number of anilines is 4. The fourth-order valence-corrected chi connectivity index (χ4v) is 4.85. The number of carboxylic acid groups (broad SMARTS) is 1. The quantitative estimate of drug-likeness (QED) is 0.407. The van der Waals surface area contributed by atoms with Crippen molar-refractivity contribution in [1.82, 2.24) is 15.0 Å². The lowest BCUT2D eigenvalue weighted by atomic mass is 10.00. The van der Waals surface area contributed by atoms with Crippen LogP contribution in [0.1, 0.15) is 25.8 Å². The number of fused-ring (bicyclic) bond motifs is 1. The van der Waals surface area contributed by atoms with Gasteiger partial charge in [0.15, 0.2) is 11.6 Å². The van der Waals surface area contributed by atoms with Crippen molar-refractivity contribution in [2.24, 2.45) is 5.92 Å². The molecule has 224 valence electrons. The molecule has 4 heterocycles. The maximum absolute atomic E-state index is 13.7. The molecule has 0 saturated carbocycles. The monoisotopic (exact) mass is 605 g/mol. The molecule has 1 atom stereocenters. The highest BCUT2D eigenvalue weighted by Gasteiger charge is 2.39. The number of pyridine rings is 1. The van der Waals surface area contributed by atoms with Crippen molar-refractivity contribution < 1.29 is 27.9 Å². The van der Waals surface area contributed by atoms with Gasteiger partial charge >= 0.3 is 12.1 Å². The second kappa shape index (κ2) is 13.2. The number of hydrogen-bond donors (Lipinski definition) is 2. The fourth-order valence-electron chi connectivity index (χ4n) is 4.73. The van der Waals surface area contributed by atoms with E-state index in [1.165, 1.54) is 0 Å². The molecule has 0 bridgehead atoms. The van der Waals surface area contributed by atoms with E-state index in [4.69, 9.17) is 21.5 Å². The first-order chi connectivity index (χ1) is 19.9. The van der Waals surface area contributed by atoms with Crippen LogP contribution in [0.15, 0.2) is 55.0 Å². The molecular weight excluding hydrogens is 575 g/mol. The summed E-state index contributed by atoms with van der Waals surface area (Å²) in [6.07, 6.45) is -0.936. The van der Waals surface area contributed by atoms with Gasteiger partial charge in [-0.05, 0) is 42.2 Å². The van der Waals surface area contributed by atoms with Crippen molar-refractivity contribution in [3.8, 4) is 0 Å². The summed E-state index contributed by atoms with van der Waals surface area (Å²) in [7, 11) is 0. The number of hydrogen-bond acceptors (Lipinski definition) is 8. The van der Waals surface area contributed by atoms with Crippen molar-refractivity contribution in [3.63, 3.8) is 0 Å². The summed E-state index contributed by atoms with van der Waals surface area (Å²) in [4.78, 5) is 42.7. The number of rotatable bonds is 6. The van der Waals surface area contributed by atoms with E-state index < -0.39 is 12.1 Å². The number of halogens is 4. The number of aliphatic carboxylic acids is 1. The van der Waals surface area contributed by atoms with Crippen molar-refractivity contribution in [2.75, 3.05) is 46.2 Å². The molecule has 2 N–H and O–H groups in total. The van der Waals surface area contributed by atoms with Crippen LogP contribution in [0.4, 0.5) is 36.3 Å². The van der Waals surface area contributed by atoms with Crippen LogP contribution in [-0.2, 0) is 16.1 Å². The lowest BCUT2D eigenvalue weighted by Gasteiger charge is -2.40. The van der Waals surface area contributed by atoms with E-state index in [1.54, 1.807) is 6.33 Å². The molecule has 2 aliphatic rings. The topological polar surface area (TPSA) is 115 Å². The summed E-state index contributed by atoms with van der Waals surface area (Å²) in [6.45, 7) is 7.89. The molecule has 0 radical (unpaired) electrons. The van der Waals surface area contributed by atoms with Crippen LogP contribution in [0.3, 0.4) is 0 Å². The van der Waals surface area contributed by atoms with Gasteiger partial charge in [0.25, 0.3) is 0 Å². The van der Waals surface area contributed by atoms with Crippen LogP contribution >= 0.6 is 11.6 Å². The molecule has 42 heavy (non-hydrogen) atoms. The standard InChI is InChI=1S/C26H30ClN7O.C2HF3O2/c1-18(2)15-21-26(35)34(16-19-6-8-20(27)9-7-19)23-24(31-21)29-17-30-25(23)33-13-11-32(12-14-33)22-5-3-4-10-28-22;3-2(4,5)1(6)7/h3-10,17-18,21H,11-16H2,1-2H3,(H,29,30,31);(H,6,7). The van der Waals surface area contributed by atoms with Crippen molar-refractivity contribution in [2.45, 2.75) is 39.0 Å². The molecule has 1 fully saturated rings. The Morgan fingerprint density at radius 3 is 2.26 bits per heavy atom. The van der Waals surface area contributed by atoms with Gasteiger partial charge in [0.05, 0.1) is 6.54 Å². The number of carboxylic acids is 1. The lowest BCUT2D eigenvalue weighted by Crippen LogP contribution is -2.50. The fraction of sp³-hybridized carbons (Fsp3) is 0.393. The third kappa shape index (κ3) is 7.58. The molecule has 1 unspecified atom stereocenters. The maximum Gasteiger partial charge on any atom is 0.490 e. The Hall–Kier alpha value is -4.13. The molecule has 10 nitrogen and oxygen atoms in total. The Kier molecular flexibility index (Phi) is 9.71. The van der Waals surface area contributed by atoms with Crippen LogP contribution in [0, 0.1) is 5.92 Å².